The van der Waals surface area contributed by atoms with Gasteiger partial charge in [-0.25, -0.2) is 34.5 Å². The number of hydrogen-bond donors (Lipinski definition) is 10. The van der Waals surface area contributed by atoms with E-state index in [9.17, 15) is 24.3 Å². The highest BCUT2D eigenvalue weighted by Gasteiger charge is 2.35. The summed E-state index contributed by atoms with van der Waals surface area (Å²) in [6, 6.07) is 1.52. The van der Waals surface area contributed by atoms with Crippen molar-refractivity contribution in [3.05, 3.63) is 84.7 Å². The SMILES string of the molecule is Cc1cn([C@H]2C[C@H](O)[C@@H](CO)O2)c(=O)[nH]c1=O.Nc1ccnc(=O)[nH]1.Nc1nc2nc[nH]c2c(=O)[nH]1.Nc1ncnc2nc[nH]c12. The molecule has 3 atom stereocenters. The van der Waals surface area contributed by atoms with Crippen LogP contribution >= 0.6 is 0 Å². The number of ether oxygens (including phenoxy) is 1. The van der Waals surface area contributed by atoms with Crippen molar-refractivity contribution in [2.24, 2.45) is 0 Å². The zero-order chi connectivity index (χ0) is 33.4. The van der Waals surface area contributed by atoms with Crippen molar-refractivity contribution in [1.29, 1.82) is 0 Å². The van der Waals surface area contributed by atoms with Gasteiger partial charge in [-0.3, -0.25) is 29.1 Å². The number of anilines is 3. The maximum Gasteiger partial charge on any atom is 0.346 e. The summed E-state index contributed by atoms with van der Waals surface area (Å²) in [7, 11) is 0. The molecule has 1 aliphatic heterocycles. The number of nitrogens with one attached hydrogen (secondary N) is 5. The Morgan fingerprint density at radius 2 is 1.65 bits per heavy atom. The van der Waals surface area contributed by atoms with E-state index in [4.69, 9.17) is 27.0 Å². The van der Waals surface area contributed by atoms with Crippen LogP contribution in [0, 0.1) is 6.92 Å². The Balaban J connectivity index is 0.000000145. The van der Waals surface area contributed by atoms with Gasteiger partial charge in [-0.15, -0.1) is 0 Å². The second-order valence-electron chi connectivity index (χ2n) is 9.34. The highest BCUT2D eigenvalue weighted by molar-refractivity contribution is 5.80. The molecule has 0 aliphatic carbocycles. The molecular weight excluding hydrogens is 610 g/mol. The zero-order valence-corrected chi connectivity index (χ0v) is 23.9. The summed E-state index contributed by atoms with van der Waals surface area (Å²) in [6.07, 6.45) is 5.09. The first-order valence-corrected chi connectivity index (χ1v) is 13.1. The maximum absolute atomic E-state index is 11.6. The van der Waals surface area contributed by atoms with Gasteiger partial charge in [0.25, 0.3) is 11.1 Å². The molecule has 0 unspecified atom stereocenters. The number of aliphatic hydroxyl groups excluding tert-OH is 2. The third-order valence-electron chi connectivity index (χ3n) is 6.10. The van der Waals surface area contributed by atoms with Crippen molar-refractivity contribution in [2.75, 3.05) is 23.8 Å². The number of fused-ring (bicyclic) bond motifs is 2. The Kier molecular flexibility index (Phi) is 10.3. The molecule has 6 aromatic rings. The van der Waals surface area contributed by atoms with Gasteiger partial charge in [-0.2, -0.15) is 4.98 Å². The number of hydrogen-bond acceptors (Lipinski definition) is 16. The van der Waals surface area contributed by atoms with Gasteiger partial charge >= 0.3 is 11.4 Å². The number of nitrogen functional groups attached to an aromatic ring is 3. The molecule has 1 aliphatic rings. The Bertz CT molecular complexity index is 2150. The van der Waals surface area contributed by atoms with Crippen molar-refractivity contribution in [3.63, 3.8) is 0 Å². The topological polar surface area (TPSA) is 357 Å². The second kappa shape index (κ2) is 14.5. The number of aryl methyl sites for hydroxylation is 1. The Morgan fingerprint density at radius 3 is 2.28 bits per heavy atom. The van der Waals surface area contributed by atoms with Crippen molar-refractivity contribution in [1.82, 2.24) is 59.4 Å². The van der Waals surface area contributed by atoms with E-state index in [1.165, 1.54) is 42.0 Å². The van der Waals surface area contributed by atoms with Gasteiger partial charge in [-0.05, 0) is 13.0 Å². The number of aromatic nitrogens is 12. The summed E-state index contributed by atoms with van der Waals surface area (Å²) in [5, 5.41) is 18.5. The van der Waals surface area contributed by atoms with Crippen LogP contribution in [-0.4, -0.2) is 88.4 Å². The first-order valence-electron chi connectivity index (χ1n) is 13.1. The smallest absolute Gasteiger partial charge is 0.346 e. The Hall–Kier alpha value is -6.26. The van der Waals surface area contributed by atoms with Gasteiger partial charge in [0.15, 0.2) is 22.6 Å². The number of rotatable bonds is 2. The average Bonchev–Trinajstić information content (AvgIpc) is 3.76. The molecule has 7 heterocycles. The molecule has 0 bridgehead atoms. The van der Waals surface area contributed by atoms with Gasteiger partial charge in [0.05, 0.1) is 25.4 Å². The molecule has 0 aromatic carbocycles. The van der Waals surface area contributed by atoms with Crippen LogP contribution in [0.5, 0.6) is 0 Å². The highest BCUT2D eigenvalue weighted by atomic mass is 16.5. The predicted molar refractivity (Wildman–Crippen MR) is 162 cm³/mol. The number of imidazole rings is 2. The lowest BCUT2D eigenvalue weighted by atomic mass is 10.2. The number of nitrogens with zero attached hydrogens (tertiary/aromatic N) is 7. The van der Waals surface area contributed by atoms with Gasteiger partial charge in [-0.1, -0.05) is 0 Å². The zero-order valence-electron chi connectivity index (χ0n) is 23.9. The van der Waals surface area contributed by atoms with Crippen LogP contribution in [0.1, 0.15) is 18.2 Å². The Morgan fingerprint density at radius 1 is 0.935 bits per heavy atom. The minimum atomic E-state index is -0.816. The van der Waals surface area contributed by atoms with Gasteiger partial charge in [0.1, 0.15) is 30.0 Å². The molecule has 46 heavy (non-hydrogen) atoms. The van der Waals surface area contributed by atoms with Crippen LogP contribution in [0.4, 0.5) is 17.6 Å². The lowest BCUT2D eigenvalue weighted by molar-refractivity contribution is -0.0459. The fourth-order valence-electron chi connectivity index (χ4n) is 3.88. The fourth-order valence-corrected chi connectivity index (χ4v) is 3.88. The summed E-state index contributed by atoms with van der Waals surface area (Å²) >= 11 is 0. The van der Waals surface area contributed by atoms with E-state index in [2.05, 4.69) is 54.8 Å². The van der Waals surface area contributed by atoms with E-state index in [1.54, 1.807) is 6.92 Å². The van der Waals surface area contributed by atoms with E-state index >= 15 is 0 Å². The molecular formula is C24H29N15O7. The molecule has 0 radical (unpaired) electrons. The van der Waals surface area contributed by atoms with Gasteiger partial charge in [0.2, 0.25) is 5.95 Å². The molecule has 22 heteroatoms. The number of H-pyrrole nitrogens is 5. The molecule has 1 saturated heterocycles. The van der Waals surface area contributed by atoms with E-state index in [-0.39, 0.29) is 24.5 Å². The maximum atomic E-state index is 11.6. The first kappa shape index (κ1) is 32.6. The number of aromatic amines is 5. The van der Waals surface area contributed by atoms with Crippen LogP contribution in [-0.2, 0) is 4.74 Å². The fraction of sp³-hybridized carbons (Fsp3) is 0.250. The number of nitrogens with two attached hydrogens (primary N) is 3. The van der Waals surface area contributed by atoms with Crippen LogP contribution in [0.15, 0.2) is 56.6 Å². The van der Waals surface area contributed by atoms with Crippen LogP contribution in [0.2, 0.25) is 0 Å². The van der Waals surface area contributed by atoms with Crippen molar-refractivity contribution in [2.45, 2.75) is 31.8 Å². The molecule has 0 amide bonds. The summed E-state index contributed by atoms with van der Waals surface area (Å²) < 4.78 is 6.54. The molecule has 7 rings (SSSR count). The largest absolute Gasteiger partial charge is 0.394 e. The standard InChI is InChI=1S/C10H14N2O5.C5H5N5O.C5H5N5.C4H5N3O/c1-5-3-12(10(16)11-9(5)15)8-2-6(14)7(4-13)17-8;6-5-9-3-2(4(11)10-5)7-1-8-3;6-4-3-5(9-1-7-3)10-2-8-4;5-3-1-2-6-4(8)7-3/h3,6-8,13-14H,2,4H2,1H3,(H,11,15,16);1H,(H4,6,7,8,9,10,11);1-2H,(H3,6,7,8,9,10);1-2H,(H3,5,6,7,8)/t6-,7+,8+;;;/m0.../s1. The Labute approximate surface area is 254 Å². The van der Waals surface area contributed by atoms with Crippen LogP contribution < -0.4 is 39.7 Å². The summed E-state index contributed by atoms with van der Waals surface area (Å²) in [4.78, 5) is 78.7. The van der Waals surface area contributed by atoms with Crippen LogP contribution in [0.3, 0.4) is 0 Å². The van der Waals surface area contributed by atoms with Crippen LogP contribution in [0.25, 0.3) is 22.3 Å². The molecule has 6 aromatic heterocycles. The van der Waals surface area contributed by atoms with Crippen molar-refractivity contribution < 1.29 is 14.9 Å². The minimum absolute atomic E-state index is 0.0783. The monoisotopic (exact) mass is 639 g/mol. The first-order chi connectivity index (χ1) is 22.0. The quantitative estimate of drug-likeness (QED) is 0.0902. The molecule has 22 nitrogen and oxygen atoms in total. The molecule has 242 valence electrons. The van der Waals surface area contributed by atoms with E-state index in [0.29, 0.717) is 39.5 Å². The van der Waals surface area contributed by atoms with Crippen molar-refractivity contribution >= 4 is 39.9 Å². The predicted octanol–water partition coefficient (Wildman–Crippen LogP) is -3.00. The summed E-state index contributed by atoms with van der Waals surface area (Å²) in [5.41, 5.74) is 16.5. The molecule has 1 fully saturated rings. The second-order valence-corrected chi connectivity index (χ2v) is 9.34. The average molecular weight is 640 g/mol. The lowest BCUT2D eigenvalue weighted by Crippen LogP contribution is -2.33. The van der Waals surface area contributed by atoms with Gasteiger partial charge < -0.3 is 42.1 Å². The third-order valence-corrected chi connectivity index (χ3v) is 6.10. The molecule has 0 spiro atoms. The lowest BCUT2D eigenvalue weighted by Gasteiger charge is -2.14. The minimum Gasteiger partial charge on any atom is -0.394 e. The van der Waals surface area contributed by atoms with Crippen molar-refractivity contribution in [3.8, 4) is 0 Å². The van der Waals surface area contributed by atoms with Gasteiger partial charge in [0, 0.05) is 24.4 Å². The summed E-state index contributed by atoms with van der Waals surface area (Å²) in [6.45, 7) is 1.26. The summed E-state index contributed by atoms with van der Waals surface area (Å²) in [5.74, 6) is 0.849. The number of aliphatic hydroxyl groups is 2. The van der Waals surface area contributed by atoms with E-state index in [0.717, 1.165) is 0 Å². The van der Waals surface area contributed by atoms with E-state index in [1.807, 2.05) is 0 Å². The third kappa shape index (κ3) is 8.01. The molecule has 0 saturated carbocycles. The normalized spacial score (nSPS) is 16.9. The molecule has 13 N–H and O–H groups in total. The highest BCUT2D eigenvalue weighted by Crippen LogP contribution is 2.27. The van der Waals surface area contributed by atoms with E-state index < -0.39 is 35.4 Å².